The fourth-order valence-electron chi connectivity index (χ4n) is 6.22. The number of hydrogen-bond donors (Lipinski definition) is 0. The van der Waals surface area contributed by atoms with Crippen molar-refractivity contribution in [1.29, 1.82) is 0 Å². The Balaban J connectivity index is 1.55. The lowest BCUT2D eigenvalue weighted by Crippen LogP contribution is -2.27. The van der Waals surface area contributed by atoms with Gasteiger partial charge in [-0.15, -0.1) is 0 Å². The van der Waals surface area contributed by atoms with Crippen LogP contribution < -0.4 is 0 Å². The molecule has 24 heavy (non-hydrogen) atoms. The van der Waals surface area contributed by atoms with E-state index in [1.807, 2.05) is 0 Å². The summed E-state index contributed by atoms with van der Waals surface area (Å²) in [5.41, 5.74) is 0. The molecule has 0 nitrogen and oxygen atoms in total. The quantitative estimate of drug-likeness (QED) is 0.480. The first-order valence-electron chi connectivity index (χ1n) is 11.6. The predicted octanol–water partition coefficient (Wildman–Crippen LogP) is 7.86. The van der Waals surface area contributed by atoms with Gasteiger partial charge >= 0.3 is 0 Å². The molecule has 0 radical (unpaired) electrons. The first kappa shape index (κ1) is 18.8. The Bertz CT molecular complexity index is 311. The Hall–Kier alpha value is 0. The standard InChI is InChI=1S/C24H44/c1-18-4-10-21(11-5-18)16-24(23-14-8-20(3)9-15-23)17-22-12-6-19(2)7-13-22/h18-24H,4-17H2,1-3H3. The van der Waals surface area contributed by atoms with Crippen LogP contribution in [0.25, 0.3) is 0 Å². The van der Waals surface area contributed by atoms with Gasteiger partial charge in [-0.25, -0.2) is 0 Å². The van der Waals surface area contributed by atoms with Gasteiger partial charge in [0.05, 0.1) is 0 Å². The van der Waals surface area contributed by atoms with Crippen molar-refractivity contribution in [2.24, 2.45) is 41.4 Å². The molecule has 3 aliphatic rings. The Morgan fingerprint density at radius 2 is 0.833 bits per heavy atom. The molecule has 3 fully saturated rings. The highest BCUT2D eigenvalue weighted by atomic mass is 14.4. The van der Waals surface area contributed by atoms with Crippen molar-refractivity contribution in [3.8, 4) is 0 Å². The smallest absolute Gasteiger partial charge is 0.0381 e. The summed E-state index contributed by atoms with van der Waals surface area (Å²) < 4.78 is 0. The minimum absolute atomic E-state index is 1.01. The second-order valence-electron chi connectivity index (χ2n) is 10.5. The normalized spacial score (nSPS) is 42.6. The van der Waals surface area contributed by atoms with E-state index in [0.717, 1.165) is 41.4 Å². The van der Waals surface area contributed by atoms with Gasteiger partial charge in [0, 0.05) is 0 Å². The van der Waals surface area contributed by atoms with Crippen LogP contribution >= 0.6 is 0 Å². The van der Waals surface area contributed by atoms with Crippen molar-refractivity contribution >= 4 is 0 Å². The maximum absolute atomic E-state index is 2.48. The zero-order chi connectivity index (χ0) is 16.9. The summed E-state index contributed by atoms with van der Waals surface area (Å²) >= 11 is 0. The summed E-state index contributed by atoms with van der Waals surface area (Å²) in [5.74, 6) is 7.34. The van der Waals surface area contributed by atoms with Gasteiger partial charge in [0.2, 0.25) is 0 Å². The second-order valence-corrected chi connectivity index (χ2v) is 10.5. The van der Waals surface area contributed by atoms with Gasteiger partial charge in [0.25, 0.3) is 0 Å². The van der Waals surface area contributed by atoms with E-state index in [0.29, 0.717) is 0 Å². The van der Waals surface area contributed by atoms with Gasteiger partial charge in [-0.2, -0.15) is 0 Å². The molecule has 0 heteroatoms. The molecule has 0 spiro atoms. The van der Waals surface area contributed by atoms with Crippen molar-refractivity contribution < 1.29 is 0 Å². The van der Waals surface area contributed by atoms with Crippen LogP contribution in [0.3, 0.4) is 0 Å². The lowest BCUT2D eigenvalue weighted by Gasteiger charge is -2.39. The first-order valence-corrected chi connectivity index (χ1v) is 11.6. The van der Waals surface area contributed by atoms with Crippen LogP contribution in [0.1, 0.15) is 111 Å². The van der Waals surface area contributed by atoms with E-state index in [4.69, 9.17) is 0 Å². The van der Waals surface area contributed by atoms with E-state index in [9.17, 15) is 0 Å². The van der Waals surface area contributed by atoms with Gasteiger partial charge < -0.3 is 0 Å². The van der Waals surface area contributed by atoms with Crippen LogP contribution in [0.5, 0.6) is 0 Å². The molecule has 0 aliphatic heterocycles. The maximum Gasteiger partial charge on any atom is -0.0381 e. The Morgan fingerprint density at radius 1 is 0.500 bits per heavy atom. The molecule has 0 atom stereocenters. The largest absolute Gasteiger partial charge is 0.0625 e. The van der Waals surface area contributed by atoms with Crippen LogP contribution in [0.15, 0.2) is 0 Å². The van der Waals surface area contributed by atoms with Gasteiger partial charge in [-0.3, -0.25) is 0 Å². The lowest BCUT2D eigenvalue weighted by molar-refractivity contribution is 0.125. The third-order valence-corrected chi connectivity index (χ3v) is 8.27. The molecule has 0 aromatic rings. The van der Waals surface area contributed by atoms with Crippen LogP contribution in [0.2, 0.25) is 0 Å². The van der Waals surface area contributed by atoms with Crippen molar-refractivity contribution in [3.63, 3.8) is 0 Å². The zero-order valence-electron chi connectivity index (χ0n) is 16.9. The van der Waals surface area contributed by atoms with Crippen LogP contribution in [-0.2, 0) is 0 Å². The monoisotopic (exact) mass is 332 g/mol. The van der Waals surface area contributed by atoms with Crippen molar-refractivity contribution in [2.45, 2.75) is 111 Å². The highest BCUT2D eigenvalue weighted by Crippen LogP contribution is 2.44. The average molecular weight is 333 g/mol. The molecule has 0 N–H and O–H groups in total. The molecule has 3 aliphatic carbocycles. The van der Waals surface area contributed by atoms with E-state index >= 15 is 0 Å². The molecular weight excluding hydrogens is 288 g/mol. The predicted molar refractivity (Wildman–Crippen MR) is 106 cm³/mol. The molecular formula is C24H44. The van der Waals surface area contributed by atoms with E-state index < -0.39 is 0 Å². The molecule has 0 aromatic heterocycles. The minimum Gasteiger partial charge on any atom is -0.0625 e. The highest BCUT2D eigenvalue weighted by Gasteiger charge is 2.32. The maximum atomic E-state index is 2.48. The van der Waals surface area contributed by atoms with E-state index in [2.05, 4.69) is 20.8 Å². The molecule has 0 aromatic carbocycles. The molecule has 0 unspecified atom stereocenters. The van der Waals surface area contributed by atoms with Crippen LogP contribution in [0, 0.1) is 41.4 Å². The fraction of sp³-hybridized carbons (Fsp3) is 1.00. The molecule has 3 saturated carbocycles. The summed E-state index contributed by atoms with van der Waals surface area (Å²) in [6, 6.07) is 0. The molecule has 3 rings (SSSR count). The summed E-state index contributed by atoms with van der Waals surface area (Å²) in [4.78, 5) is 0. The third kappa shape index (κ3) is 5.50. The van der Waals surface area contributed by atoms with Crippen molar-refractivity contribution in [2.75, 3.05) is 0 Å². The van der Waals surface area contributed by atoms with Crippen LogP contribution in [-0.4, -0.2) is 0 Å². The van der Waals surface area contributed by atoms with Crippen LogP contribution in [0.4, 0.5) is 0 Å². The lowest BCUT2D eigenvalue weighted by atomic mass is 9.67. The van der Waals surface area contributed by atoms with Gasteiger partial charge in [0.1, 0.15) is 0 Å². The van der Waals surface area contributed by atoms with Gasteiger partial charge in [-0.05, 0) is 67.1 Å². The highest BCUT2D eigenvalue weighted by molar-refractivity contribution is 4.83. The Morgan fingerprint density at radius 3 is 1.21 bits per heavy atom. The van der Waals surface area contributed by atoms with Crippen molar-refractivity contribution in [1.82, 2.24) is 0 Å². The summed E-state index contributed by atoms with van der Waals surface area (Å²) in [5, 5.41) is 0. The van der Waals surface area contributed by atoms with Crippen molar-refractivity contribution in [3.05, 3.63) is 0 Å². The topological polar surface area (TPSA) is 0 Å². The number of rotatable bonds is 5. The molecule has 0 bridgehead atoms. The first-order chi connectivity index (χ1) is 11.6. The molecule has 0 heterocycles. The molecule has 0 amide bonds. The van der Waals surface area contributed by atoms with E-state index in [1.165, 1.54) is 38.5 Å². The average Bonchev–Trinajstić information content (AvgIpc) is 2.59. The molecule has 140 valence electrons. The number of hydrogen-bond acceptors (Lipinski definition) is 0. The van der Waals surface area contributed by atoms with Gasteiger partial charge in [0.15, 0.2) is 0 Å². The Labute approximate surface area is 152 Å². The van der Waals surface area contributed by atoms with E-state index in [1.54, 1.807) is 51.4 Å². The van der Waals surface area contributed by atoms with E-state index in [-0.39, 0.29) is 0 Å². The van der Waals surface area contributed by atoms with Gasteiger partial charge in [-0.1, -0.05) is 85.0 Å². The summed E-state index contributed by atoms with van der Waals surface area (Å²) in [7, 11) is 0. The minimum atomic E-state index is 1.01. The summed E-state index contributed by atoms with van der Waals surface area (Å²) in [6.45, 7) is 7.43. The Kier molecular flexibility index (Phi) is 7.11. The second kappa shape index (κ2) is 9.09. The summed E-state index contributed by atoms with van der Waals surface area (Å²) in [6.07, 6.45) is 21.6. The zero-order valence-corrected chi connectivity index (χ0v) is 16.9. The SMILES string of the molecule is CC1CCC(CC(CC2CCC(C)CC2)C2CCC(C)CC2)CC1. The third-order valence-electron chi connectivity index (χ3n) is 8.27. The molecule has 0 saturated heterocycles. The fourth-order valence-corrected chi connectivity index (χ4v) is 6.22.